The number of nitrogens with one attached hydrogen (secondary N) is 2. The first-order chi connectivity index (χ1) is 6.43. The predicted octanol–water partition coefficient (Wildman–Crippen LogP) is -1.01. The Labute approximate surface area is 90.3 Å². The van der Waals surface area contributed by atoms with Gasteiger partial charge in [0, 0.05) is 0 Å². The Morgan fingerprint density at radius 1 is 0.929 bits per heavy atom. The van der Waals surface area contributed by atoms with Gasteiger partial charge < -0.3 is 20.8 Å². The van der Waals surface area contributed by atoms with E-state index in [-0.39, 0.29) is 23.1 Å². The number of rotatable bonds is 4. The van der Waals surface area contributed by atoms with Gasteiger partial charge in [0.25, 0.3) is 0 Å². The first kappa shape index (κ1) is 12.7. The van der Waals surface area contributed by atoms with Crippen LogP contribution in [0.25, 0.3) is 0 Å². The molecule has 0 aliphatic rings. The monoisotopic (exact) mass is 236 g/mol. The lowest BCUT2D eigenvalue weighted by Crippen LogP contribution is -2.41. The fourth-order valence-corrected chi connectivity index (χ4v) is 0.761. The molecule has 0 bridgehead atoms. The van der Waals surface area contributed by atoms with Crippen LogP contribution in [-0.2, 0) is 9.59 Å². The number of thiocarbonyl (C=S) groups is 2. The minimum absolute atomic E-state index is 0.0173. The first-order valence-electron chi connectivity index (χ1n) is 3.43. The molecule has 8 heteroatoms. The summed E-state index contributed by atoms with van der Waals surface area (Å²) in [7, 11) is 0. The molecular weight excluding hydrogens is 228 g/mol. The first-order valence-corrected chi connectivity index (χ1v) is 4.24. The van der Waals surface area contributed by atoms with Gasteiger partial charge in [-0.3, -0.25) is 9.59 Å². The average molecular weight is 236 g/mol. The maximum Gasteiger partial charge on any atom is 0.322 e. The highest BCUT2D eigenvalue weighted by atomic mass is 32.1. The van der Waals surface area contributed by atoms with E-state index in [1.165, 1.54) is 0 Å². The van der Waals surface area contributed by atoms with Crippen LogP contribution in [0.1, 0.15) is 0 Å². The van der Waals surface area contributed by atoms with Crippen molar-refractivity contribution in [1.82, 2.24) is 10.6 Å². The van der Waals surface area contributed by atoms with E-state index in [0.717, 1.165) is 0 Å². The molecule has 0 aromatic heterocycles. The van der Waals surface area contributed by atoms with Crippen molar-refractivity contribution in [2.45, 2.75) is 0 Å². The molecule has 0 rings (SSSR count). The lowest BCUT2D eigenvalue weighted by Gasteiger charge is -2.07. The topological polar surface area (TPSA) is 98.7 Å². The van der Waals surface area contributed by atoms with Gasteiger partial charge in [0.1, 0.15) is 23.1 Å². The summed E-state index contributed by atoms with van der Waals surface area (Å²) in [6, 6.07) is 0. The zero-order valence-corrected chi connectivity index (χ0v) is 8.57. The summed E-state index contributed by atoms with van der Waals surface area (Å²) in [5.41, 5.74) is 0. The third-order valence-corrected chi connectivity index (χ3v) is 1.83. The van der Waals surface area contributed by atoms with Crippen LogP contribution in [0.4, 0.5) is 0 Å². The maximum absolute atomic E-state index is 10.1. The molecule has 0 fully saturated rings. The molecule has 0 amide bonds. The predicted molar refractivity (Wildman–Crippen MR) is 56.5 cm³/mol. The van der Waals surface area contributed by atoms with Gasteiger partial charge in [-0.15, -0.1) is 0 Å². The van der Waals surface area contributed by atoms with E-state index in [1.54, 1.807) is 0 Å². The van der Waals surface area contributed by atoms with Gasteiger partial charge >= 0.3 is 11.9 Å². The summed E-state index contributed by atoms with van der Waals surface area (Å²) in [5.74, 6) is -2.15. The molecule has 0 aromatic rings. The van der Waals surface area contributed by atoms with Crippen molar-refractivity contribution in [3.8, 4) is 0 Å². The zero-order chi connectivity index (χ0) is 11.1. The number of hydrogen-bond donors (Lipinski definition) is 4. The van der Waals surface area contributed by atoms with Crippen molar-refractivity contribution in [3.63, 3.8) is 0 Å². The van der Waals surface area contributed by atoms with E-state index >= 15 is 0 Å². The summed E-state index contributed by atoms with van der Waals surface area (Å²) in [6.07, 6.45) is 0. The number of carboxylic acid groups (broad SMARTS) is 2. The lowest BCUT2D eigenvalue weighted by molar-refractivity contribution is -0.136. The molecule has 6 nitrogen and oxygen atoms in total. The molecule has 0 radical (unpaired) electrons. The molecule has 0 unspecified atom stereocenters. The quantitative estimate of drug-likeness (QED) is 0.461. The third-order valence-electron chi connectivity index (χ3n) is 1.01. The van der Waals surface area contributed by atoms with E-state index < -0.39 is 11.9 Å². The molecule has 0 aliphatic carbocycles. The van der Waals surface area contributed by atoms with Gasteiger partial charge in [-0.1, -0.05) is 24.4 Å². The molecule has 0 saturated heterocycles. The van der Waals surface area contributed by atoms with Crippen LogP contribution in [0.2, 0.25) is 0 Å². The van der Waals surface area contributed by atoms with E-state index in [4.69, 9.17) is 10.2 Å². The van der Waals surface area contributed by atoms with Gasteiger partial charge in [-0.25, -0.2) is 0 Å². The highest BCUT2D eigenvalue weighted by Crippen LogP contribution is 1.78. The maximum atomic E-state index is 10.1. The second kappa shape index (κ2) is 6.22. The Morgan fingerprint density at radius 3 is 1.43 bits per heavy atom. The van der Waals surface area contributed by atoms with E-state index in [2.05, 4.69) is 35.1 Å². The van der Waals surface area contributed by atoms with Crippen LogP contribution in [0, 0.1) is 0 Å². The molecular formula is C6H8N2O4S2. The molecule has 0 atom stereocenters. The fraction of sp³-hybridized carbons (Fsp3) is 0.333. The summed E-state index contributed by atoms with van der Waals surface area (Å²) < 4.78 is 0. The Balaban J connectivity index is 3.82. The standard InChI is InChI=1S/C6H8N2O4S2/c9-3(10)1-7-5(13)6(14)8-2-4(11)12/h1-2H2,(H,7,13)(H,8,14)(H,9,10)(H,11,12). The van der Waals surface area contributed by atoms with E-state index in [1.807, 2.05) is 0 Å². The Bertz CT molecular complexity index is 251. The Kier molecular flexibility index (Phi) is 5.65. The Hall–Kier alpha value is -1.28. The molecule has 0 aromatic carbocycles. The van der Waals surface area contributed by atoms with Crippen LogP contribution in [0.3, 0.4) is 0 Å². The Morgan fingerprint density at radius 2 is 1.21 bits per heavy atom. The third kappa shape index (κ3) is 6.26. The lowest BCUT2D eigenvalue weighted by atomic mass is 10.5. The number of hydrogen-bond acceptors (Lipinski definition) is 4. The number of carbonyl (C=O) groups is 2. The largest absolute Gasteiger partial charge is 0.480 e. The summed E-state index contributed by atoms with van der Waals surface area (Å²) in [6.45, 7) is -0.707. The summed E-state index contributed by atoms with van der Waals surface area (Å²) in [4.78, 5) is 20.3. The minimum Gasteiger partial charge on any atom is -0.480 e. The zero-order valence-electron chi connectivity index (χ0n) is 6.94. The van der Waals surface area contributed by atoms with Crippen molar-refractivity contribution in [2.24, 2.45) is 0 Å². The SMILES string of the molecule is O=C(O)CNC(=S)C(=S)NCC(=O)O. The molecule has 14 heavy (non-hydrogen) atoms. The van der Waals surface area contributed by atoms with E-state index in [9.17, 15) is 9.59 Å². The van der Waals surface area contributed by atoms with Crippen LogP contribution in [-0.4, -0.2) is 45.2 Å². The smallest absolute Gasteiger partial charge is 0.322 e. The van der Waals surface area contributed by atoms with Crippen molar-refractivity contribution in [2.75, 3.05) is 13.1 Å². The number of aliphatic carboxylic acids is 2. The van der Waals surface area contributed by atoms with Crippen LogP contribution < -0.4 is 10.6 Å². The molecule has 0 aliphatic heterocycles. The van der Waals surface area contributed by atoms with E-state index in [0.29, 0.717) is 0 Å². The number of carboxylic acids is 2. The van der Waals surface area contributed by atoms with Gasteiger partial charge in [0.15, 0.2) is 0 Å². The summed E-state index contributed by atoms with van der Waals surface area (Å²) in [5, 5.41) is 21.2. The molecule has 4 N–H and O–H groups in total. The van der Waals surface area contributed by atoms with Gasteiger partial charge in [-0.05, 0) is 0 Å². The molecule has 0 heterocycles. The van der Waals surface area contributed by atoms with Gasteiger partial charge in [-0.2, -0.15) is 0 Å². The molecule has 0 saturated carbocycles. The van der Waals surface area contributed by atoms with Crippen molar-refractivity contribution >= 4 is 46.4 Å². The second-order valence-corrected chi connectivity index (χ2v) is 2.97. The second-order valence-electron chi connectivity index (χ2n) is 2.15. The highest BCUT2D eigenvalue weighted by Gasteiger charge is 2.06. The van der Waals surface area contributed by atoms with Crippen LogP contribution in [0.5, 0.6) is 0 Å². The van der Waals surface area contributed by atoms with Crippen molar-refractivity contribution in [1.29, 1.82) is 0 Å². The average Bonchev–Trinajstić information content (AvgIpc) is 2.09. The molecule has 78 valence electrons. The van der Waals surface area contributed by atoms with Crippen LogP contribution in [0.15, 0.2) is 0 Å². The fourth-order valence-electron chi connectivity index (χ4n) is 0.472. The van der Waals surface area contributed by atoms with Gasteiger partial charge in [0.2, 0.25) is 0 Å². The molecule has 0 spiro atoms. The van der Waals surface area contributed by atoms with Gasteiger partial charge in [0.05, 0.1) is 0 Å². The minimum atomic E-state index is -1.08. The highest BCUT2D eigenvalue weighted by molar-refractivity contribution is 7.89. The summed E-state index contributed by atoms with van der Waals surface area (Å²) >= 11 is 9.35. The van der Waals surface area contributed by atoms with Crippen LogP contribution >= 0.6 is 24.4 Å². The normalized spacial score (nSPS) is 8.86. The van der Waals surface area contributed by atoms with Crippen molar-refractivity contribution in [3.05, 3.63) is 0 Å². The van der Waals surface area contributed by atoms with Crippen molar-refractivity contribution < 1.29 is 19.8 Å².